The fraction of sp³-hybridized carbons (Fsp3) is 0.526. The number of carbonyl (C=O) groups excluding carboxylic acids is 2. The monoisotopic (exact) mass is 362 g/mol. The molecule has 1 aliphatic heterocycles. The molecule has 1 heterocycles. The average Bonchev–Trinajstić information content (AvgIpc) is 2.91. The van der Waals surface area contributed by atoms with Gasteiger partial charge in [-0.2, -0.15) is 0 Å². The van der Waals surface area contributed by atoms with Gasteiger partial charge in [0, 0.05) is 6.54 Å². The van der Waals surface area contributed by atoms with Gasteiger partial charge in [0.25, 0.3) is 0 Å². The molecule has 1 aromatic carbocycles. The molecule has 0 bridgehead atoms. The van der Waals surface area contributed by atoms with Crippen LogP contribution in [0.25, 0.3) is 0 Å². The molecule has 0 saturated carbocycles. The van der Waals surface area contributed by atoms with Crippen molar-refractivity contribution in [3.8, 4) is 0 Å². The summed E-state index contributed by atoms with van der Waals surface area (Å²) in [5.74, 6) is -1.40. The number of likely N-dealkylation sites (tertiary alicyclic amines) is 1. The molecule has 26 heavy (non-hydrogen) atoms. The number of carbonyl (C=O) groups is 3. The molecule has 1 saturated heterocycles. The number of benzene rings is 1. The van der Waals surface area contributed by atoms with Gasteiger partial charge in [-0.3, -0.25) is 4.79 Å². The minimum absolute atomic E-state index is 0.110. The summed E-state index contributed by atoms with van der Waals surface area (Å²) in [6.45, 7) is 6.20. The molecule has 1 aliphatic rings. The topological polar surface area (TPSA) is 95.9 Å². The molecule has 0 radical (unpaired) electrons. The lowest BCUT2D eigenvalue weighted by atomic mass is 9.87. The van der Waals surface area contributed by atoms with E-state index in [0.717, 1.165) is 5.56 Å². The van der Waals surface area contributed by atoms with E-state index in [4.69, 9.17) is 4.74 Å². The van der Waals surface area contributed by atoms with Crippen LogP contribution in [0.3, 0.4) is 0 Å². The van der Waals surface area contributed by atoms with Crippen LogP contribution in [0.4, 0.5) is 4.79 Å². The SMILES string of the molecule is CC(C)(C)C[C@@H](C(=O)O)N1CC[C@H](NC(=O)OCc2ccccc2)C1=O. The minimum Gasteiger partial charge on any atom is -0.480 e. The van der Waals surface area contributed by atoms with Crippen molar-refractivity contribution in [1.29, 1.82) is 0 Å². The van der Waals surface area contributed by atoms with E-state index in [9.17, 15) is 19.5 Å². The first-order chi connectivity index (χ1) is 12.2. The van der Waals surface area contributed by atoms with Gasteiger partial charge in [0.05, 0.1) is 0 Å². The van der Waals surface area contributed by atoms with E-state index in [2.05, 4.69) is 5.32 Å². The van der Waals surface area contributed by atoms with Crippen LogP contribution in [0.1, 0.15) is 39.2 Å². The summed E-state index contributed by atoms with van der Waals surface area (Å²) in [6, 6.07) is 7.58. The molecular weight excluding hydrogens is 336 g/mol. The molecule has 2 atom stereocenters. The molecule has 2 N–H and O–H groups in total. The van der Waals surface area contributed by atoms with Crippen LogP contribution in [-0.4, -0.2) is 46.6 Å². The van der Waals surface area contributed by atoms with Crippen LogP contribution < -0.4 is 5.32 Å². The lowest BCUT2D eigenvalue weighted by molar-refractivity contribution is -0.150. The molecule has 1 aromatic rings. The zero-order chi connectivity index (χ0) is 19.3. The van der Waals surface area contributed by atoms with Crippen molar-refractivity contribution in [3.63, 3.8) is 0 Å². The van der Waals surface area contributed by atoms with E-state index in [1.54, 1.807) is 0 Å². The summed E-state index contributed by atoms with van der Waals surface area (Å²) in [6.07, 6.45) is 0.0312. The Kier molecular flexibility index (Phi) is 6.23. The van der Waals surface area contributed by atoms with Crippen molar-refractivity contribution in [2.75, 3.05) is 6.54 Å². The Morgan fingerprint density at radius 3 is 2.54 bits per heavy atom. The highest BCUT2D eigenvalue weighted by Gasteiger charge is 2.41. The van der Waals surface area contributed by atoms with Crippen molar-refractivity contribution in [1.82, 2.24) is 10.2 Å². The van der Waals surface area contributed by atoms with Gasteiger partial charge in [-0.05, 0) is 23.8 Å². The van der Waals surface area contributed by atoms with E-state index >= 15 is 0 Å². The van der Waals surface area contributed by atoms with Crippen molar-refractivity contribution in [2.45, 2.75) is 52.3 Å². The number of nitrogens with one attached hydrogen (secondary N) is 1. The summed E-state index contributed by atoms with van der Waals surface area (Å²) in [7, 11) is 0. The van der Waals surface area contributed by atoms with E-state index in [0.29, 0.717) is 19.4 Å². The smallest absolute Gasteiger partial charge is 0.408 e. The highest BCUT2D eigenvalue weighted by molar-refractivity contribution is 5.91. The molecule has 0 aliphatic carbocycles. The van der Waals surface area contributed by atoms with Gasteiger partial charge in [-0.15, -0.1) is 0 Å². The number of nitrogens with zero attached hydrogens (tertiary/aromatic N) is 1. The van der Waals surface area contributed by atoms with Crippen LogP contribution >= 0.6 is 0 Å². The van der Waals surface area contributed by atoms with Crippen LogP contribution in [0.2, 0.25) is 0 Å². The molecule has 0 unspecified atom stereocenters. The number of alkyl carbamates (subject to hydrolysis) is 1. The van der Waals surface area contributed by atoms with Crippen molar-refractivity contribution in [2.24, 2.45) is 5.41 Å². The maximum Gasteiger partial charge on any atom is 0.408 e. The summed E-state index contributed by atoms with van der Waals surface area (Å²) in [5.41, 5.74) is 0.613. The number of hydrogen-bond donors (Lipinski definition) is 2. The fourth-order valence-electron chi connectivity index (χ4n) is 2.96. The number of amides is 2. The average molecular weight is 362 g/mol. The summed E-state index contributed by atoms with van der Waals surface area (Å²) in [4.78, 5) is 37.4. The number of ether oxygens (including phenoxy) is 1. The predicted octanol–water partition coefficient (Wildman–Crippen LogP) is 2.40. The normalized spacial score (nSPS) is 18.5. The Bertz CT molecular complexity index is 654. The third-order valence-corrected chi connectivity index (χ3v) is 4.21. The summed E-state index contributed by atoms with van der Waals surface area (Å²) in [5, 5.41) is 12.0. The first kappa shape index (κ1) is 19.8. The maximum atomic E-state index is 12.5. The number of rotatable bonds is 6. The molecule has 2 amide bonds. The van der Waals surface area contributed by atoms with Gasteiger partial charge in [0.15, 0.2) is 0 Å². The third kappa shape index (κ3) is 5.47. The first-order valence-corrected chi connectivity index (χ1v) is 8.68. The van der Waals surface area contributed by atoms with Gasteiger partial charge in [-0.1, -0.05) is 51.1 Å². The standard InChI is InChI=1S/C19H26N2O5/c1-19(2,3)11-15(17(23)24)21-10-9-14(16(21)22)20-18(25)26-12-13-7-5-4-6-8-13/h4-8,14-15H,9-12H2,1-3H3,(H,20,25)(H,23,24)/t14-,15-/m0/s1. The quantitative estimate of drug-likeness (QED) is 0.810. The maximum absolute atomic E-state index is 12.5. The third-order valence-electron chi connectivity index (χ3n) is 4.21. The van der Waals surface area contributed by atoms with Crippen molar-refractivity contribution < 1.29 is 24.2 Å². The Hall–Kier alpha value is -2.57. The molecule has 0 aromatic heterocycles. The number of carboxylic acid groups (broad SMARTS) is 1. The Morgan fingerprint density at radius 2 is 1.96 bits per heavy atom. The lowest BCUT2D eigenvalue weighted by Gasteiger charge is -2.30. The molecule has 0 spiro atoms. The van der Waals surface area contributed by atoms with E-state index in [1.807, 2.05) is 51.1 Å². The lowest BCUT2D eigenvalue weighted by Crippen LogP contribution is -2.48. The van der Waals surface area contributed by atoms with Crippen LogP contribution in [0.15, 0.2) is 30.3 Å². The Labute approximate surface area is 153 Å². The second-order valence-electron chi connectivity index (χ2n) is 7.70. The van der Waals surface area contributed by atoms with Crippen LogP contribution in [0, 0.1) is 5.41 Å². The van der Waals surface area contributed by atoms with E-state index in [-0.39, 0.29) is 17.9 Å². The van der Waals surface area contributed by atoms with Gasteiger partial charge >= 0.3 is 12.1 Å². The van der Waals surface area contributed by atoms with E-state index < -0.39 is 24.1 Å². The Morgan fingerprint density at radius 1 is 1.31 bits per heavy atom. The molecule has 7 nitrogen and oxygen atoms in total. The molecule has 142 valence electrons. The van der Waals surface area contributed by atoms with Gasteiger partial charge in [-0.25, -0.2) is 9.59 Å². The number of carboxylic acids is 1. The molecule has 7 heteroatoms. The van der Waals surface area contributed by atoms with Gasteiger partial charge in [0.1, 0.15) is 18.7 Å². The van der Waals surface area contributed by atoms with Crippen LogP contribution in [-0.2, 0) is 20.9 Å². The number of hydrogen-bond acceptors (Lipinski definition) is 4. The zero-order valence-corrected chi connectivity index (χ0v) is 15.4. The Balaban J connectivity index is 1.91. The molecule has 2 rings (SSSR count). The summed E-state index contributed by atoms with van der Waals surface area (Å²) >= 11 is 0. The number of aliphatic carboxylic acids is 1. The second-order valence-corrected chi connectivity index (χ2v) is 7.70. The second kappa shape index (κ2) is 8.21. The fourth-order valence-corrected chi connectivity index (χ4v) is 2.96. The highest BCUT2D eigenvalue weighted by Crippen LogP contribution is 2.26. The van der Waals surface area contributed by atoms with Crippen molar-refractivity contribution in [3.05, 3.63) is 35.9 Å². The minimum atomic E-state index is -1.03. The summed E-state index contributed by atoms with van der Waals surface area (Å²) < 4.78 is 5.12. The van der Waals surface area contributed by atoms with E-state index in [1.165, 1.54) is 4.90 Å². The van der Waals surface area contributed by atoms with Crippen LogP contribution in [0.5, 0.6) is 0 Å². The largest absolute Gasteiger partial charge is 0.480 e. The van der Waals surface area contributed by atoms with Gasteiger partial charge in [0.2, 0.25) is 5.91 Å². The zero-order valence-electron chi connectivity index (χ0n) is 15.4. The predicted molar refractivity (Wildman–Crippen MR) is 95.4 cm³/mol. The highest BCUT2D eigenvalue weighted by atomic mass is 16.5. The first-order valence-electron chi connectivity index (χ1n) is 8.68. The van der Waals surface area contributed by atoms with Gasteiger partial charge < -0.3 is 20.1 Å². The van der Waals surface area contributed by atoms with Crippen molar-refractivity contribution >= 4 is 18.0 Å². The molecule has 1 fully saturated rings. The molecular formula is C19H26N2O5.